The van der Waals surface area contributed by atoms with E-state index < -0.39 is 0 Å². The Morgan fingerprint density at radius 1 is 1.44 bits per heavy atom. The van der Waals surface area contributed by atoms with E-state index in [9.17, 15) is 0 Å². The number of pyridine rings is 1. The molecule has 3 aliphatic rings. The van der Waals surface area contributed by atoms with Gasteiger partial charge in [0, 0.05) is 31.1 Å². The van der Waals surface area contributed by atoms with Crippen LogP contribution < -0.4 is 4.74 Å². The molecule has 3 aliphatic heterocycles. The van der Waals surface area contributed by atoms with Crippen LogP contribution >= 0.6 is 0 Å². The van der Waals surface area contributed by atoms with Gasteiger partial charge in [-0.1, -0.05) is 0 Å². The fourth-order valence-corrected chi connectivity index (χ4v) is 3.64. The van der Waals surface area contributed by atoms with Crippen LogP contribution in [0.5, 0.6) is 5.75 Å². The van der Waals surface area contributed by atoms with Crippen molar-refractivity contribution in [3.63, 3.8) is 0 Å². The summed E-state index contributed by atoms with van der Waals surface area (Å²) in [5.41, 5.74) is 1.54. The Morgan fingerprint density at radius 3 is 3.44 bits per heavy atom. The first kappa shape index (κ1) is 8.99. The number of piperidine rings is 1. The first-order valence-corrected chi connectivity index (χ1v) is 6.19. The number of fused-ring (bicyclic) bond motifs is 2. The zero-order chi connectivity index (χ0) is 10.6. The van der Waals surface area contributed by atoms with E-state index in [1.807, 2.05) is 12.3 Å². The summed E-state index contributed by atoms with van der Waals surface area (Å²) in [4.78, 5) is 7.06. The Kier molecular flexibility index (Phi) is 1.67. The van der Waals surface area contributed by atoms with Crippen LogP contribution in [-0.2, 0) is 6.42 Å². The van der Waals surface area contributed by atoms with Crippen LogP contribution in [-0.4, -0.2) is 35.6 Å². The van der Waals surface area contributed by atoms with E-state index in [2.05, 4.69) is 16.0 Å². The second-order valence-electron chi connectivity index (χ2n) is 5.41. The van der Waals surface area contributed by atoms with Gasteiger partial charge in [0.15, 0.2) is 0 Å². The van der Waals surface area contributed by atoms with Gasteiger partial charge < -0.3 is 9.64 Å². The minimum atomic E-state index is 0.375. The van der Waals surface area contributed by atoms with Gasteiger partial charge >= 0.3 is 0 Å². The fraction of sp³-hybridized carbons (Fsp3) is 0.615. The molecule has 0 radical (unpaired) electrons. The van der Waals surface area contributed by atoms with Crippen molar-refractivity contribution in [3.05, 3.63) is 24.0 Å². The highest BCUT2D eigenvalue weighted by molar-refractivity contribution is 5.32. The Balaban J connectivity index is 1.78. The molecule has 3 atom stereocenters. The summed E-state index contributed by atoms with van der Waals surface area (Å²) >= 11 is 0. The Bertz CT molecular complexity index is 432. The van der Waals surface area contributed by atoms with Gasteiger partial charge in [-0.25, -0.2) is 0 Å². The molecule has 4 heterocycles. The van der Waals surface area contributed by atoms with Crippen LogP contribution in [0.25, 0.3) is 0 Å². The van der Waals surface area contributed by atoms with Gasteiger partial charge in [-0.05, 0) is 31.5 Å². The molecule has 0 amide bonds. The summed E-state index contributed by atoms with van der Waals surface area (Å²) in [6.07, 6.45) is 5.91. The fourth-order valence-electron chi connectivity index (χ4n) is 3.64. The highest BCUT2D eigenvalue weighted by Gasteiger charge is 2.51. The first-order chi connectivity index (χ1) is 7.86. The second kappa shape index (κ2) is 2.98. The summed E-state index contributed by atoms with van der Waals surface area (Å²) in [6.45, 7) is 3.68. The molecule has 1 aromatic heterocycles. The van der Waals surface area contributed by atoms with Crippen molar-refractivity contribution < 1.29 is 4.74 Å². The Labute approximate surface area is 95.4 Å². The average molecular weight is 216 g/mol. The standard InChI is InChI=1S/C13H16N2O/c1-2-11-10(14-5-1)8-13-4-7-15(9-13)6-3-12(13)16-11/h1-2,5,12H,3-4,6-9H2/t12?,13-/m1/s1. The Morgan fingerprint density at radius 2 is 2.44 bits per heavy atom. The van der Waals surface area contributed by atoms with E-state index in [1.165, 1.54) is 38.2 Å². The van der Waals surface area contributed by atoms with Gasteiger partial charge in [0.05, 0.1) is 5.69 Å². The second-order valence-corrected chi connectivity index (χ2v) is 5.41. The molecule has 2 unspecified atom stereocenters. The third-order valence-corrected chi connectivity index (χ3v) is 4.49. The first-order valence-electron chi connectivity index (χ1n) is 6.19. The van der Waals surface area contributed by atoms with Crippen molar-refractivity contribution in [2.24, 2.45) is 5.41 Å². The zero-order valence-electron chi connectivity index (χ0n) is 9.35. The highest BCUT2D eigenvalue weighted by Crippen LogP contribution is 2.47. The molecular weight excluding hydrogens is 200 g/mol. The number of ether oxygens (including phenoxy) is 1. The molecule has 2 saturated heterocycles. The maximum Gasteiger partial charge on any atom is 0.141 e. The largest absolute Gasteiger partial charge is 0.488 e. The predicted octanol–water partition coefficient (Wildman–Crippen LogP) is 1.48. The average Bonchev–Trinajstić information content (AvgIpc) is 2.64. The van der Waals surface area contributed by atoms with Crippen molar-refractivity contribution in [2.75, 3.05) is 19.6 Å². The van der Waals surface area contributed by atoms with E-state index in [4.69, 9.17) is 4.74 Å². The number of rotatable bonds is 0. The number of hydrogen-bond acceptors (Lipinski definition) is 3. The minimum Gasteiger partial charge on any atom is -0.488 e. The molecule has 1 spiro atoms. The summed E-state index contributed by atoms with van der Waals surface area (Å²) in [5.74, 6) is 1.03. The molecule has 2 fully saturated rings. The minimum absolute atomic E-state index is 0.375. The van der Waals surface area contributed by atoms with E-state index in [0.29, 0.717) is 11.5 Å². The Hall–Kier alpha value is -1.09. The van der Waals surface area contributed by atoms with Crippen molar-refractivity contribution in [2.45, 2.75) is 25.4 Å². The lowest BCUT2D eigenvalue weighted by Gasteiger charge is -2.44. The van der Waals surface area contributed by atoms with Gasteiger partial charge in [0.2, 0.25) is 0 Å². The van der Waals surface area contributed by atoms with Crippen LogP contribution in [0.15, 0.2) is 18.3 Å². The SMILES string of the molecule is c1cnc2c(c1)OC1CCN3CC[C@@]1(C2)C3. The van der Waals surface area contributed by atoms with E-state index in [-0.39, 0.29) is 0 Å². The van der Waals surface area contributed by atoms with Gasteiger partial charge in [-0.3, -0.25) is 4.98 Å². The molecule has 4 rings (SSSR count). The predicted molar refractivity (Wildman–Crippen MR) is 60.5 cm³/mol. The van der Waals surface area contributed by atoms with Gasteiger partial charge in [0.1, 0.15) is 11.9 Å². The van der Waals surface area contributed by atoms with Gasteiger partial charge in [-0.15, -0.1) is 0 Å². The highest BCUT2D eigenvalue weighted by atomic mass is 16.5. The molecule has 16 heavy (non-hydrogen) atoms. The third kappa shape index (κ3) is 1.09. The molecule has 0 saturated carbocycles. The lowest BCUT2D eigenvalue weighted by Crippen LogP contribution is -2.50. The smallest absolute Gasteiger partial charge is 0.141 e. The molecule has 2 bridgehead atoms. The normalized spacial score (nSPS) is 39.8. The number of nitrogens with zero attached hydrogens (tertiary/aromatic N) is 2. The summed E-state index contributed by atoms with van der Waals surface area (Å²) in [5, 5.41) is 0. The summed E-state index contributed by atoms with van der Waals surface area (Å²) in [7, 11) is 0. The van der Waals surface area contributed by atoms with Crippen LogP contribution in [0, 0.1) is 5.41 Å². The lowest BCUT2D eigenvalue weighted by molar-refractivity contribution is -0.00192. The molecule has 0 aromatic carbocycles. The van der Waals surface area contributed by atoms with E-state index in [0.717, 1.165) is 12.2 Å². The topological polar surface area (TPSA) is 25.4 Å². The van der Waals surface area contributed by atoms with Gasteiger partial charge in [-0.2, -0.15) is 0 Å². The van der Waals surface area contributed by atoms with Crippen molar-refractivity contribution in [1.29, 1.82) is 0 Å². The zero-order valence-corrected chi connectivity index (χ0v) is 9.35. The maximum absolute atomic E-state index is 6.17. The quantitative estimate of drug-likeness (QED) is 0.657. The van der Waals surface area contributed by atoms with Crippen LogP contribution in [0.3, 0.4) is 0 Å². The summed E-state index contributed by atoms with van der Waals surface area (Å²) in [6, 6.07) is 4.04. The van der Waals surface area contributed by atoms with Crippen LogP contribution in [0.1, 0.15) is 18.5 Å². The molecule has 0 N–H and O–H groups in total. The van der Waals surface area contributed by atoms with Crippen LogP contribution in [0.2, 0.25) is 0 Å². The van der Waals surface area contributed by atoms with Gasteiger partial charge in [0.25, 0.3) is 0 Å². The van der Waals surface area contributed by atoms with E-state index >= 15 is 0 Å². The molecule has 1 aromatic rings. The number of aromatic nitrogens is 1. The lowest BCUT2D eigenvalue weighted by atomic mass is 9.73. The third-order valence-electron chi connectivity index (χ3n) is 4.49. The van der Waals surface area contributed by atoms with Crippen molar-refractivity contribution >= 4 is 0 Å². The molecule has 0 aliphatic carbocycles. The molecule has 3 nitrogen and oxygen atoms in total. The summed E-state index contributed by atoms with van der Waals surface area (Å²) < 4.78 is 6.17. The molecule has 3 heteroatoms. The molecular formula is C13H16N2O. The monoisotopic (exact) mass is 216 g/mol. The van der Waals surface area contributed by atoms with Crippen molar-refractivity contribution in [3.8, 4) is 5.75 Å². The maximum atomic E-state index is 6.17. The van der Waals surface area contributed by atoms with E-state index in [1.54, 1.807) is 0 Å². The van der Waals surface area contributed by atoms with Crippen molar-refractivity contribution in [1.82, 2.24) is 9.88 Å². The molecule has 84 valence electrons. The number of hydrogen-bond donors (Lipinski definition) is 0. The van der Waals surface area contributed by atoms with Crippen LogP contribution in [0.4, 0.5) is 0 Å².